The van der Waals surface area contributed by atoms with Crippen LogP contribution in [0.1, 0.15) is 104 Å². The second-order valence-electron chi connectivity index (χ2n) is 8.91. The molecular formula is C23H39N. The van der Waals surface area contributed by atoms with Crippen molar-refractivity contribution in [3.05, 3.63) is 34.9 Å². The quantitative estimate of drug-likeness (QED) is 0.515. The molecule has 0 unspecified atom stereocenters. The Hall–Kier alpha value is -1.11. The average molecular weight is 330 g/mol. The van der Waals surface area contributed by atoms with Gasteiger partial charge >= 0.3 is 0 Å². The Kier molecular flexibility index (Phi) is 7.70. The lowest BCUT2D eigenvalue weighted by Gasteiger charge is -2.26. The maximum Gasteiger partial charge on any atom is 0.0499 e. The highest BCUT2D eigenvalue weighted by Gasteiger charge is 2.20. The lowest BCUT2D eigenvalue weighted by Crippen LogP contribution is -2.17. The molecule has 1 nitrogen and oxygen atoms in total. The predicted octanol–water partition coefficient (Wildman–Crippen LogP) is 7.06. The molecule has 0 heterocycles. The summed E-state index contributed by atoms with van der Waals surface area (Å²) >= 11 is 0. The van der Waals surface area contributed by atoms with Crippen molar-refractivity contribution in [2.24, 2.45) is 4.99 Å². The van der Waals surface area contributed by atoms with Crippen molar-refractivity contribution in [2.45, 2.75) is 104 Å². The minimum Gasteiger partial charge on any atom is -0.289 e. The first-order chi connectivity index (χ1) is 11.2. The molecule has 2 rings (SSSR count). The zero-order chi connectivity index (χ0) is 18.4. The standard InChI is InChI=1S/C21H33N.C2H6/c1-20(2,3)17-12-16(13-18(14-17)21(4,5)6)15-22-19-10-8-7-9-11-19;1-2/h12-15,19H,7-11H2,1-6H3;1-2H3. The second kappa shape index (κ2) is 8.83. The van der Waals surface area contributed by atoms with Crippen LogP contribution >= 0.6 is 0 Å². The fourth-order valence-corrected chi connectivity index (χ4v) is 3.01. The molecule has 0 aromatic heterocycles. The van der Waals surface area contributed by atoms with E-state index in [4.69, 9.17) is 4.99 Å². The van der Waals surface area contributed by atoms with Gasteiger partial charge in [0.25, 0.3) is 0 Å². The summed E-state index contributed by atoms with van der Waals surface area (Å²) in [5.74, 6) is 0. The van der Waals surface area contributed by atoms with Gasteiger partial charge < -0.3 is 0 Å². The van der Waals surface area contributed by atoms with Gasteiger partial charge in [0.05, 0.1) is 0 Å². The molecule has 1 aliphatic rings. The van der Waals surface area contributed by atoms with Gasteiger partial charge in [-0.2, -0.15) is 0 Å². The Labute approximate surface area is 151 Å². The third kappa shape index (κ3) is 6.42. The molecule has 0 radical (unpaired) electrons. The number of rotatable bonds is 2. The lowest BCUT2D eigenvalue weighted by atomic mass is 9.79. The van der Waals surface area contributed by atoms with Crippen LogP contribution in [-0.4, -0.2) is 12.3 Å². The minimum absolute atomic E-state index is 0.175. The van der Waals surface area contributed by atoms with Crippen LogP contribution in [0.3, 0.4) is 0 Å². The molecule has 24 heavy (non-hydrogen) atoms. The zero-order valence-corrected chi connectivity index (χ0v) is 17.4. The summed E-state index contributed by atoms with van der Waals surface area (Å²) in [5, 5.41) is 0. The minimum atomic E-state index is 0.175. The van der Waals surface area contributed by atoms with E-state index in [2.05, 4.69) is 66.0 Å². The molecule has 0 spiro atoms. The number of aliphatic imine (C=N–C) groups is 1. The molecule has 0 saturated heterocycles. The van der Waals surface area contributed by atoms with Crippen LogP contribution < -0.4 is 0 Å². The Morgan fingerprint density at radius 2 is 1.25 bits per heavy atom. The predicted molar refractivity (Wildman–Crippen MR) is 110 cm³/mol. The Morgan fingerprint density at radius 3 is 1.67 bits per heavy atom. The van der Waals surface area contributed by atoms with Crippen LogP contribution in [0.25, 0.3) is 0 Å². The van der Waals surface area contributed by atoms with Gasteiger partial charge in [0, 0.05) is 12.3 Å². The summed E-state index contributed by atoms with van der Waals surface area (Å²) in [4.78, 5) is 4.87. The van der Waals surface area contributed by atoms with E-state index in [1.807, 2.05) is 13.8 Å². The van der Waals surface area contributed by atoms with Gasteiger partial charge in [0.15, 0.2) is 0 Å². The van der Waals surface area contributed by atoms with E-state index in [0.717, 1.165) is 0 Å². The topological polar surface area (TPSA) is 12.4 Å². The van der Waals surface area contributed by atoms with E-state index in [0.29, 0.717) is 6.04 Å². The molecule has 0 aliphatic heterocycles. The van der Waals surface area contributed by atoms with E-state index in [1.54, 1.807) is 0 Å². The van der Waals surface area contributed by atoms with Gasteiger partial charge in [-0.05, 0) is 52.5 Å². The summed E-state index contributed by atoms with van der Waals surface area (Å²) in [6.45, 7) is 17.7. The largest absolute Gasteiger partial charge is 0.289 e. The first kappa shape index (κ1) is 20.9. The average Bonchev–Trinajstić information content (AvgIpc) is 2.54. The lowest BCUT2D eigenvalue weighted by molar-refractivity contribution is 0.444. The molecule has 1 saturated carbocycles. The second-order valence-corrected chi connectivity index (χ2v) is 8.91. The highest BCUT2D eigenvalue weighted by molar-refractivity contribution is 5.80. The normalized spacial score (nSPS) is 16.8. The van der Waals surface area contributed by atoms with Gasteiger partial charge in [0.1, 0.15) is 0 Å². The first-order valence-electron chi connectivity index (χ1n) is 9.85. The Morgan fingerprint density at radius 1 is 0.792 bits per heavy atom. The van der Waals surface area contributed by atoms with E-state index >= 15 is 0 Å². The van der Waals surface area contributed by atoms with Crippen molar-refractivity contribution in [2.75, 3.05) is 0 Å². The SMILES string of the molecule is CC.CC(C)(C)c1cc(C=NC2CCCCC2)cc(C(C)(C)C)c1. The molecule has 1 aromatic carbocycles. The highest BCUT2D eigenvalue weighted by Crippen LogP contribution is 2.30. The summed E-state index contributed by atoms with van der Waals surface area (Å²) in [5.41, 5.74) is 4.43. The van der Waals surface area contributed by atoms with Crippen molar-refractivity contribution in [1.29, 1.82) is 0 Å². The molecular weight excluding hydrogens is 290 g/mol. The monoisotopic (exact) mass is 329 g/mol. The maximum absolute atomic E-state index is 4.87. The van der Waals surface area contributed by atoms with Gasteiger partial charge in [-0.25, -0.2) is 0 Å². The molecule has 1 heteroatoms. The highest BCUT2D eigenvalue weighted by atomic mass is 14.8. The van der Waals surface area contributed by atoms with Gasteiger partial charge in [-0.15, -0.1) is 0 Å². The van der Waals surface area contributed by atoms with E-state index in [9.17, 15) is 0 Å². The van der Waals surface area contributed by atoms with Crippen LogP contribution in [0.15, 0.2) is 23.2 Å². The van der Waals surface area contributed by atoms with Crippen molar-refractivity contribution in [3.63, 3.8) is 0 Å². The van der Waals surface area contributed by atoms with Crippen LogP contribution in [0.2, 0.25) is 0 Å². The summed E-state index contributed by atoms with van der Waals surface area (Å²) in [7, 11) is 0. The van der Waals surface area contributed by atoms with Gasteiger partial charge in [0.2, 0.25) is 0 Å². The van der Waals surface area contributed by atoms with Crippen molar-refractivity contribution < 1.29 is 0 Å². The first-order valence-corrected chi connectivity index (χ1v) is 9.85. The summed E-state index contributed by atoms with van der Waals surface area (Å²) < 4.78 is 0. The third-order valence-electron chi connectivity index (χ3n) is 4.70. The number of hydrogen-bond donors (Lipinski definition) is 0. The summed E-state index contributed by atoms with van der Waals surface area (Å²) in [6, 6.07) is 7.56. The molecule has 0 amide bonds. The molecule has 136 valence electrons. The van der Waals surface area contributed by atoms with E-state index in [1.165, 1.54) is 48.8 Å². The Bertz CT molecular complexity index is 488. The summed E-state index contributed by atoms with van der Waals surface area (Å²) in [6.07, 6.45) is 8.73. The molecule has 1 aromatic rings. The third-order valence-corrected chi connectivity index (χ3v) is 4.70. The molecule has 0 bridgehead atoms. The maximum atomic E-state index is 4.87. The van der Waals surface area contributed by atoms with E-state index in [-0.39, 0.29) is 10.8 Å². The smallest absolute Gasteiger partial charge is 0.0499 e. The number of nitrogens with zero attached hydrogens (tertiary/aromatic N) is 1. The molecule has 0 N–H and O–H groups in total. The molecule has 0 atom stereocenters. The number of hydrogen-bond acceptors (Lipinski definition) is 1. The van der Waals surface area contributed by atoms with Gasteiger partial charge in [-0.3, -0.25) is 4.99 Å². The molecule has 1 fully saturated rings. The van der Waals surface area contributed by atoms with E-state index < -0.39 is 0 Å². The Balaban J connectivity index is 0.00000139. The fraction of sp³-hybridized carbons (Fsp3) is 0.696. The van der Waals surface area contributed by atoms with Crippen LogP contribution in [-0.2, 0) is 10.8 Å². The zero-order valence-electron chi connectivity index (χ0n) is 17.4. The van der Waals surface area contributed by atoms with Crippen LogP contribution in [0.5, 0.6) is 0 Å². The van der Waals surface area contributed by atoms with Gasteiger partial charge in [-0.1, -0.05) is 80.7 Å². The van der Waals surface area contributed by atoms with Crippen molar-refractivity contribution >= 4 is 6.21 Å². The van der Waals surface area contributed by atoms with Crippen molar-refractivity contribution in [3.8, 4) is 0 Å². The van der Waals surface area contributed by atoms with Crippen LogP contribution in [0.4, 0.5) is 0 Å². The fourth-order valence-electron chi connectivity index (χ4n) is 3.01. The van der Waals surface area contributed by atoms with Crippen molar-refractivity contribution in [1.82, 2.24) is 0 Å². The number of benzene rings is 1. The molecule has 1 aliphatic carbocycles. The van der Waals surface area contributed by atoms with Crippen LogP contribution in [0, 0.1) is 0 Å².